The number of methoxy groups -OCH3 is 1. The first-order valence-electron chi connectivity index (χ1n) is 9.48. The zero-order valence-corrected chi connectivity index (χ0v) is 16.5. The molecule has 0 radical (unpaired) electrons. The molecule has 2 aliphatic heterocycles. The van der Waals surface area contributed by atoms with Crippen molar-refractivity contribution >= 4 is 28.9 Å². The van der Waals surface area contributed by atoms with Gasteiger partial charge >= 0.3 is 0 Å². The van der Waals surface area contributed by atoms with Crippen LogP contribution >= 0.6 is 11.6 Å². The largest absolute Gasteiger partial charge is 0.494 e. The Morgan fingerprint density at radius 1 is 1.21 bits per heavy atom. The van der Waals surface area contributed by atoms with Crippen molar-refractivity contribution in [1.82, 2.24) is 4.90 Å². The molecule has 0 saturated carbocycles. The van der Waals surface area contributed by atoms with Gasteiger partial charge < -0.3 is 19.9 Å². The van der Waals surface area contributed by atoms with Crippen molar-refractivity contribution < 1.29 is 13.9 Å². The molecule has 2 aromatic rings. The van der Waals surface area contributed by atoms with Crippen molar-refractivity contribution in [2.24, 2.45) is 0 Å². The molecule has 1 unspecified atom stereocenters. The minimum atomic E-state index is -0.321. The molecule has 2 aliphatic rings. The number of anilines is 2. The maximum atomic E-state index is 13.4. The van der Waals surface area contributed by atoms with Crippen LogP contribution < -0.4 is 15.0 Å². The highest BCUT2D eigenvalue weighted by Crippen LogP contribution is 2.32. The molecule has 1 fully saturated rings. The fraction of sp³-hybridized carbons (Fsp3) is 0.381. The van der Waals surface area contributed by atoms with Gasteiger partial charge in [0.1, 0.15) is 17.6 Å². The van der Waals surface area contributed by atoms with Crippen LogP contribution in [0.3, 0.4) is 0 Å². The number of hydrogen-bond donors (Lipinski definition) is 1. The maximum absolute atomic E-state index is 13.4. The average Bonchev–Trinajstić information content (AvgIpc) is 2.73. The summed E-state index contributed by atoms with van der Waals surface area (Å²) in [6.45, 7) is 2.62. The summed E-state index contributed by atoms with van der Waals surface area (Å²) in [6.07, 6.45) is 1.53. The number of amides is 1. The van der Waals surface area contributed by atoms with E-state index in [-0.39, 0.29) is 17.8 Å². The number of halogens is 2. The van der Waals surface area contributed by atoms with Gasteiger partial charge in [-0.25, -0.2) is 4.39 Å². The number of carbonyl (C=O) groups is 1. The Hall–Kier alpha value is -2.47. The highest BCUT2D eigenvalue weighted by molar-refractivity contribution is 6.31. The standard InChI is InChI=1S/C21H23ClFN3O2/c1-28-20-13-14(23)5-8-19(20)25-9-11-26(12-10-25)21(27)18-7-6-15-16(22)3-2-4-17(15)24-18/h2-5,8,13,18,24H,6-7,9-12H2,1H3. The summed E-state index contributed by atoms with van der Waals surface area (Å²) in [4.78, 5) is 17.0. The van der Waals surface area contributed by atoms with Crippen molar-refractivity contribution in [3.05, 3.63) is 52.8 Å². The minimum absolute atomic E-state index is 0.122. The summed E-state index contributed by atoms with van der Waals surface area (Å²) in [5.74, 6) is 0.316. The molecule has 1 atom stereocenters. The van der Waals surface area contributed by atoms with E-state index < -0.39 is 0 Å². The summed E-state index contributed by atoms with van der Waals surface area (Å²) in [6, 6.07) is 10.1. The second-order valence-corrected chi connectivity index (χ2v) is 7.54. The molecule has 5 nitrogen and oxygen atoms in total. The van der Waals surface area contributed by atoms with Crippen molar-refractivity contribution in [3.8, 4) is 5.75 Å². The Morgan fingerprint density at radius 3 is 2.75 bits per heavy atom. The molecule has 1 amide bonds. The number of hydrogen-bond acceptors (Lipinski definition) is 4. The van der Waals surface area contributed by atoms with Gasteiger partial charge in [0.2, 0.25) is 5.91 Å². The average molecular weight is 404 g/mol. The molecule has 4 rings (SSSR count). The Bertz CT molecular complexity index is 884. The number of ether oxygens (including phenoxy) is 1. The number of carbonyl (C=O) groups excluding carboxylic acids is 1. The zero-order chi connectivity index (χ0) is 19.7. The first-order chi connectivity index (χ1) is 13.6. The van der Waals surface area contributed by atoms with Crippen LogP contribution in [0.1, 0.15) is 12.0 Å². The van der Waals surface area contributed by atoms with Crippen LogP contribution in [0.5, 0.6) is 5.75 Å². The lowest BCUT2D eigenvalue weighted by Gasteiger charge is -2.39. The third kappa shape index (κ3) is 3.61. The van der Waals surface area contributed by atoms with E-state index in [0.717, 1.165) is 34.8 Å². The van der Waals surface area contributed by atoms with Gasteiger partial charge in [0.25, 0.3) is 0 Å². The van der Waals surface area contributed by atoms with E-state index >= 15 is 0 Å². The molecule has 1 saturated heterocycles. The normalized spacial score (nSPS) is 19.0. The van der Waals surface area contributed by atoms with Crippen LogP contribution in [0.4, 0.5) is 15.8 Å². The van der Waals surface area contributed by atoms with Gasteiger partial charge in [-0.2, -0.15) is 0 Å². The van der Waals surface area contributed by atoms with E-state index in [4.69, 9.17) is 16.3 Å². The number of nitrogens with one attached hydrogen (secondary N) is 1. The third-order valence-corrected chi connectivity index (χ3v) is 5.86. The van der Waals surface area contributed by atoms with E-state index in [1.807, 2.05) is 23.1 Å². The lowest BCUT2D eigenvalue weighted by molar-refractivity contribution is -0.132. The molecule has 0 aromatic heterocycles. The lowest BCUT2D eigenvalue weighted by atomic mass is 9.97. The summed E-state index contributed by atoms with van der Waals surface area (Å²) in [5, 5.41) is 4.10. The number of nitrogens with zero attached hydrogens (tertiary/aromatic N) is 2. The predicted octanol–water partition coefficient (Wildman–Crippen LogP) is 3.56. The fourth-order valence-electron chi connectivity index (χ4n) is 3.98. The van der Waals surface area contributed by atoms with Gasteiger partial charge in [-0.3, -0.25) is 4.79 Å². The van der Waals surface area contributed by atoms with E-state index in [0.29, 0.717) is 31.9 Å². The summed E-state index contributed by atoms with van der Waals surface area (Å²) in [7, 11) is 1.54. The van der Waals surface area contributed by atoms with Gasteiger partial charge in [0.05, 0.1) is 12.8 Å². The molecular formula is C21H23ClFN3O2. The number of fused-ring (bicyclic) bond motifs is 1. The molecular weight excluding hydrogens is 381 g/mol. The summed E-state index contributed by atoms with van der Waals surface area (Å²) >= 11 is 6.25. The Morgan fingerprint density at radius 2 is 2.00 bits per heavy atom. The van der Waals surface area contributed by atoms with E-state index in [1.54, 1.807) is 6.07 Å². The van der Waals surface area contributed by atoms with Crippen molar-refractivity contribution in [1.29, 1.82) is 0 Å². The SMILES string of the molecule is COc1cc(F)ccc1N1CCN(C(=O)C2CCc3c(Cl)cccc3N2)CC1. The molecule has 148 valence electrons. The monoisotopic (exact) mass is 403 g/mol. The lowest BCUT2D eigenvalue weighted by Crippen LogP contribution is -2.53. The van der Waals surface area contributed by atoms with Crippen LogP contribution in [-0.4, -0.2) is 50.1 Å². The van der Waals surface area contributed by atoms with Crippen molar-refractivity contribution in [2.45, 2.75) is 18.9 Å². The van der Waals surface area contributed by atoms with Crippen LogP contribution in [-0.2, 0) is 11.2 Å². The molecule has 2 heterocycles. The molecule has 7 heteroatoms. The minimum Gasteiger partial charge on any atom is -0.494 e. The first-order valence-corrected chi connectivity index (χ1v) is 9.86. The quantitative estimate of drug-likeness (QED) is 0.851. The Balaban J connectivity index is 1.40. The van der Waals surface area contributed by atoms with Gasteiger partial charge in [-0.05, 0) is 42.7 Å². The molecule has 0 bridgehead atoms. The van der Waals surface area contributed by atoms with E-state index in [2.05, 4.69) is 10.2 Å². The molecule has 1 N–H and O–H groups in total. The van der Waals surface area contributed by atoms with Crippen LogP contribution in [0.15, 0.2) is 36.4 Å². The van der Waals surface area contributed by atoms with E-state index in [9.17, 15) is 9.18 Å². The third-order valence-electron chi connectivity index (χ3n) is 5.50. The smallest absolute Gasteiger partial charge is 0.245 e. The van der Waals surface area contributed by atoms with Crippen LogP contribution in [0.25, 0.3) is 0 Å². The number of piperazine rings is 1. The van der Waals surface area contributed by atoms with Gasteiger partial charge in [0, 0.05) is 43.0 Å². The topological polar surface area (TPSA) is 44.8 Å². The highest BCUT2D eigenvalue weighted by atomic mass is 35.5. The fourth-order valence-corrected chi connectivity index (χ4v) is 4.25. The molecule has 28 heavy (non-hydrogen) atoms. The summed E-state index contributed by atoms with van der Waals surface area (Å²) in [5.41, 5.74) is 2.89. The second kappa shape index (κ2) is 7.87. The predicted molar refractivity (Wildman–Crippen MR) is 109 cm³/mol. The van der Waals surface area contributed by atoms with Gasteiger partial charge in [0.15, 0.2) is 0 Å². The van der Waals surface area contributed by atoms with Crippen molar-refractivity contribution in [3.63, 3.8) is 0 Å². The zero-order valence-electron chi connectivity index (χ0n) is 15.8. The Kier molecular flexibility index (Phi) is 5.31. The first kappa shape index (κ1) is 18.9. The van der Waals surface area contributed by atoms with Crippen molar-refractivity contribution in [2.75, 3.05) is 43.5 Å². The number of rotatable bonds is 3. The molecule has 0 spiro atoms. The molecule has 2 aromatic carbocycles. The van der Waals surface area contributed by atoms with E-state index in [1.165, 1.54) is 19.2 Å². The number of benzene rings is 2. The van der Waals surface area contributed by atoms with Crippen LogP contribution in [0, 0.1) is 5.82 Å². The molecule has 0 aliphatic carbocycles. The second-order valence-electron chi connectivity index (χ2n) is 7.13. The van der Waals surface area contributed by atoms with Gasteiger partial charge in [-0.15, -0.1) is 0 Å². The van der Waals surface area contributed by atoms with Crippen LogP contribution in [0.2, 0.25) is 5.02 Å². The Labute approximate surface area is 169 Å². The highest BCUT2D eigenvalue weighted by Gasteiger charge is 2.31. The maximum Gasteiger partial charge on any atom is 0.245 e. The van der Waals surface area contributed by atoms with Gasteiger partial charge in [-0.1, -0.05) is 17.7 Å². The summed E-state index contributed by atoms with van der Waals surface area (Å²) < 4.78 is 18.7.